The van der Waals surface area contributed by atoms with E-state index in [1.54, 1.807) is 11.3 Å². The van der Waals surface area contributed by atoms with Crippen LogP contribution < -0.4 is 0 Å². The van der Waals surface area contributed by atoms with Crippen LogP contribution in [0.4, 0.5) is 0 Å². The Hall–Kier alpha value is -3.05. The minimum absolute atomic E-state index is 0.736. The van der Waals surface area contributed by atoms with E-state index in [1.807, 2.05) is 22.7 Å². The number of hydrogen-bond donors (Lipinski definition) is 0. The predicted octanol–water partition coefficient (Wildman–Crippen LogP) is 4.52. The summed E-state index contributed by atoms with van der Waals surface area (Å²) in [5.74, 6) is 0.881. The summed E-state index contributed by atoms with van der Waals surface area (Å²) in [5, 5.41) is 17.0. The fourth-order valence-electron chi connectivity index (χ4n) is 3.27. The molecule has 0 atom stereocenters. The fraction of sp³-hybridized carbons (Fsp3) is 0.0952. The highest BCUT2D eigenvalue weighted by atomic mass is 32.1. The highest BCUT2D eigenvalue weighted by Gasteiger charge is 2.13. The molecular weight excluding hydrogens is 340 g/mol. The van der Waals surface area contributed by atoms with Crippen molar-refractivity contribution in [3.05, 3.63) is 94.8 Å². The van der Waals surface area contributed by atoms with E-state index in [4.69, 9.17) is 5.10 Å². The molecule has 26 heavy (non-hydrogen) atoms. The van der Waals surface area contributed by atoms with Gasteiger partial charge in [0, 0.05) is 12.8 Å². The quantitative estimate of drug-likeness (QED) is 0.475. The van der Waals surface area contributed by atoms with Gasteiger partial charge in [-0.15, -0.1) is 10.2 Å². The lowest BCUT2D eigenvalue weighted by Gasteiger charge is -2.04. The summed E-state index contributed by atoms with van der Waals surface area (Å²) in [6.45, 7) is 0. The average Bonchev–Trinajstić information content (AvgIpc) is 3.24. The first-order valence-electron chi connectivity index (χ1n) is 8.57. The van der Waals surface area contributed by atoms with E-state index in [9.17, 15) is 0 Å². The van der Waals surface area contributed by atoms with Crippen molar-refractivity contribution in [2.24, 2.45) is 0 Å². The molecule has 0 radical (unpaired) electrons. The number of fused-ring (bicyclic) bond motifs is 2. The van der Waals surface area contributed by atoms with Crippen molar-refractivity contribution in [3.63, 3.8) is 0 Å². The number of hydrogen-bond acceptors (Lipinski definition) is 4. The van der Waals surface area contributed by atoms with Crippen molar-refractivity contribution < 1.29 is 0 Å². The highest BCUT2D eigenvalue weighted by Crippen LogP contribution is 2.24. The van der Waals surface area contributed by atoms with Gasteiger partial charge in [0.2, 0.25) is 4.96 Å². The van der Waals surface area contributed by atoms with Gasteiger partial charge >= 0.3 is 0 Å². The molecule has 0 N–H and O–H groups in total. The van der Waals surface area contributed by atoms with Gasteiger partial charge in [-0.25, -0.2) is 0 Å². The monoisotopic (exact) mass is 356 g/mol. The summed E-state index contributed by atoms with van der Waals surface area (Å²) in [7, 11) is 0. The molecule has 0 aliphatic carbocycles. The van der Waals surface area contributed by atoms with Gasteiger partial charge in [-0.05, 0) is 21.9 Å². The Kier molecular flexibility index (Phi) is 3.72. The summed E-state index contributed by atoms with van der Waals surface area (Å²) in [6.07, 6.45) is 1.54. The molecule has 3 aromatic carbocycles. The normalized spacial score (nSPS) is 11.4. The van der Waals surface area contributed by atoms with Crippen molar-refractivity contribution in [2.75, 3.05) is 0 Å². The van der Waals surface area contributed by atoms with E-state index in [-0.39, 0.29) is 0 Å². The molecular formula is C21H16N4S. The molecule has 126 valence electrons. The third-order valence-corrected chi connectivity index (χ3v) is 5.42. The Morgan fingerprint density at radius 1 is 0.769 bits per heavy atom. The Morgan fingerprint density at radius 2 is 1.58 bits per heavy atom. The van der Waals surface area contributed by atoms with Gasteiger partial charge in [0.05, 0.1) is 0 Å². The van der Waals surface area contributed by atoms with E-state index in [1.165, 1.54) is 21.9 Å². The molecule has 5 rings (SSSR count). The Morgan fingerprint density at radius 3 is 2.50 bits per heavy atom. The van der Waals surface area contributed by atoms with Crippen LogP contribution in [0.15, 0.2) is 72.8 Å². The van der Waals surface area contributed by atoms with Gasteiger partial charge in [0.15, 0.2) is 5.82 Å². The standard InChI is InChI=1S/C21H16N4S/c1-2-7-15(8-3-1)13-19-22-23-21-25(19)24-20(26-21)14-17-11-6-10-16-9-4-5-12-18(16)17/h1-12H,13-14H2. The number of aromatic nitrogens is 4. The Bertz CT molecular complexity index is 1190. The molecule has 0 amide bonds. The van der Waals surface area contributed by atoms with E-state index in [0.29, 0.717) is 0 Å². The SMILES string of the molecule is c1ccc(Cc2nnc3sc(Cc4cccc5ccccc45)nn23)cc1. The van der Waals surface area contributed by atoms with Crippen LogP contribution in [0.2, 0.25) is 0 Å². The molecule has 0 aliphatic heterocycles. The van der Waals surface area contributed by atoms with Gasteiger partial charge in [0.1, 0.15) is 5.01 Å². The highest BCUT2D eigenvalue weighted by molar-refractivity contribution is 7.16. The molecule has 0 fully saturated rings. The maximum Gasteiger partial charge on any atom is 0.234 e. The van der Waals surface area contributed by atoms with Crippen molar-refractivity contribution >= 4 is 27.1 Å². The smallest absolute Gasteiger partial charge is 0.187 e. The van der Waals surface area contributed by atoms with Gasteiger partial charge in [-0.1, -0.05) is 84.1 Å². The van der Waals surface area contributed by atoms with Gasteiger partial charge in [-0.2, -0.15) is 9.61 Å². The first-order valence-corrected chi connectivity index (χ1v) is 9.39. The Labute approximate surface area is 154 Å². The van der Waals surface area contributed by atoms with Gasteiger partial charge in [-0.3, -0.25) is 0 Å². The molecule has 5 aromatic rings. The van der Waals surface area contributed by atoms with Crippen LogP contribution in [-0.4, -0.2) is 19.8 Å². The van der Waals surface area contributed by atoms with Gasteiger partial charge in [0.25, 0.3) is 0 Å². The zero-order valence-corrected chi connectivity index (χ0v) is 14.9. The van der Waals surface area contributed by atoms with Crippen LogP contribution >= 0.6 is 11.3 Å². The first-order chi connectivity index (χ1) is 12.9. The first kappa shape index (κ1) is 15.2. The largest absolute Gasteiger partial charge is 0.234 e. The van der Waals surface area contributed by atoms with Gasteiger partial charge < -0.3 is 0 Å². The molecule has 2 aromatic heterocycles. The van der Waals surface area contributed by atoms with Crippen molar-refractivity contribution in [3.8, 4) is 0 Å². The zero-order chi connectivity index (χ0) is 17.3. The second-order valence-corrected chi connectivity index (χ2v) is 7.32. The average molecular weight is 356 g/mol. The third-order valence-electron chi connectivity index (χ3n) is 4.52. The van der Waals surface area contributed by atoms with Crippen LogP contribution in [0, 0.1) is 0 Å². The van der Waals surface area contributed by atoms with E-state index < -0.39 is 0 Å². The van der Waals surface area contributed by atoms with Crippen LogP contribution in [0.3, 0.4) is 0 Å². The summed E-state index contributed by atoms with van der Waals surface area (Å²) >= 11 is 1.61. The lowest BCUT2D eigenvalue weighted by atomic mass is 10.0. The topological polar surface area (TPSA) is 43.1 Å². The van der Waals surface area contributed by atoms with E-state index in [0.717, 1.165) is 28.6 Å². The molecule has 4 nitrogen and oxygen atoms in total. The van der Waals surface area contributed by atoms with Crippen molar-refractivity contribution in [2.45, 2.75) is 12.8 Å². The number of rotatable bonds is 4. The second kappa shape index (κ2) is 6.35. The molecule has 2 heterocycles. The molecule has 0 aliphatic rings. The third kappa shape index (κ3) is 2.76. The summed E-state index contributed by atoms with van der Waals surface area (Å²) < 4.78 is 1.89. The number of nitrogens with zero attached hydrogens (tertiary/aromatic N) is 4. The molecule has 0 saturated carbocycles. The van der Waals surface area contributed by atoms with Crippen LogP contribution in [0.25, 0.3) is 15.7 Å². The van der Waals surface area contributed by atoms with Crippen molar-refractivity contribution in [1.29, 1.82) is 0 Å². The molecule has 0 spiro atoms. The summed E-state index contributed by atoms with van der Waals surface area (Å²) in [6, 6.07) is 25.2. The fourth-order valence-corrected chi connectivity index (χ4v) is 4.14. The molecule has 0 saturated heterocycles. The second-order valence-electron chi connectivity index (χ2n) is 6.28. The maximum absolute atomic E-state index is 4.78. The molecule has 0 unspecified atom stereocenters. The minimum atomic E-state index is 0.736. The summed E-state index contributed by atoms with van der Waals surface area (Å²) in [5.41, 5.74) is 2.50. The molecule has 5 heteroatoms. The van der Waals surface area contributed by atoms with Crippen LogP contribution in [0.1, 0.15) is 22.0 Å². The van der Waals surface area contributed by atoms with E-state index in [2.05, 4.69) is 64.8 Å². The van der Waals surface area contributed by atoms with Crippen LogP contribution in [-0.2, 0) is 12.8 Å². The van der Waals surface area contributed by atoms with E-state index >= 15 is 0 Å². The summed E-state index contributed by atoms with van der Waals surface area (Å²) in [4.78, 5) is 0.853. The zero-order valence-electron chi connectivity index (χ0n) is 14.0. The molecule has 0 bridgehead atoms. The maximum atomic E-state index is 4.78. The lowest BCUT2D eigenvalue weighted by molar-refractivity contribution is 0.831. The van der Waals surface area contributed by atoms with Crippen molar-refractivity contribution in [1.82, 2.24) is 19.8 Å². The number of benzene rings is 3. The van der Waals surface area contributed by atoms with Crippen LogP contribution in [0.5, 0.6) is 0 Å². The minimum Gasteiger partial charge on any atom is -0.187 e. The Balaban J connectivity index is 1.48. The predicted molar refractivity (Wildman–Crippen MR) is 105 cm³/mol. The lowest BCUT2D eigenvalue weighted by Crippen LogP contribution is -1.99.